The fraction of sp³-hybridized carbons (Fsp3) is 0.391. The summed E-state index contributed by atoms with van der Waals surface area (Å²) in [4.78, 5) is 27.9. The third-order valence-corrected chi connectivity index (χ3v) is 5.86. The molecule has 5 nitrogen and oxygen atoms in total. The molecule has 2 atom stereocenters. The first-order valence-electron chi connectivity index (χ1n) is 10.0. The van der Waals surface area contributed by atoms with Crippen LogP contribution < -0.4 is 10.6 Å². The van der Waals surface area contributed by atoms with Gasteiger partial charge in [0.1, 0.15) is 6.04 Å². The van der Waals surface area contributed by atoms with E-state index < -0.39 is 6.04 Å². The predicted molar refractivity (Wildman–Crippen MR) is 117 cm³/mol. The monoisotopic (exact) mass is 413 g/mol. The minimum atomic E-state index is -0.396. The van der Waals surface area contributed by atoms with Crippen LogP contribution in [0.15, 0.2) is 42.5 Å². The first kappa shape index (κ1) is 21.3. The highest BCUT2D eigenvalue weighted by Crippen LogP contribution is 2.24. The van der Waals surface area contributed by atoms with E-state index in [2.05, 4.69) is 28.8 Å². The summed E-state index contributed by atoms with van der Waals surface area (Å²) in [6.07, 6.45) is 2.25. The van der Waals surface area contributed by atoms with Crippen molar-refractivity contribution in [1.29, 1.82) is 0 Å². The minimum Gasteiger partial charge on any atom is -0.329 e. The zero-order chi connectivity index (χ0) is 19.7. The number of likely N-dealkylation sites (tertiary alicyclic amines) is 1. The van der Waals surface area contributed by atoms with Gasteiger partial charge >= 0.3 is 0 Å². The summed E-state index contributed by atoms with van der Waals surface area (Å²) >= 11 is 0. The van der Waals surface area contributed by atoms with Crippen LogP contribution in [0.4, 0.5) is 5.69 Å². The van der Waals surface area contributed by atoms with Crippen LogP contribution in [0.3, 0.4) is 0 Å². The highest BCUT2D eigenvalue weighted by molar-refractivity contribution is 5.98. The molecule has 1 saturated heterocycles. The lowest BCUT2D eigenvalue weighted by atomic mass is 9.95. The molecule has 0 spiro atoms. The second-order valence-corrected chi connectivity index (χ2v) is 7.90. The number of nitrogens with zero attached hydrogens (tertiary/aromatic N) is 1. The summed E-state index contributed by atoms with van der Waals surface area (Å²) in [5, 5.41) is 6.38. The molecule has 0 aliphatic carbocycles. The van der Waals surface area contributed by atoms with Crippen molar-refractivity contribution in [3.63, 3.8) is 0 Å². The second-order valence-electron chi connectivity index (χ2n) is 7.90. The Kier molecular flexibility index (Phi) is 6.60. The van der Waals surface area contributed by atoms with E-state index in [4.69, 9.17) is 0 Å². The topological polar surface area (TPSA) is 61.4 Å². The summed E-state index contributed by atoms with van der Waals surface area (Å²) in [5.41, 5.74) is 5.48. The van der Waals surface area contributed by atoms with Crippen LogP contribution in [0.25, 0.3) is 0 Å². The third kappa shape index (κ3) is 4.46. The van der Waals surface area contributed by atoms with E-state index in [-0.39, 0.29) is 30.3 Å². The number of hydrogen-bond acceptors (Lipinski definition) is 3. The van der Waals surface area contributed by atoms with Gasteiger partial charge in [0.25, 0.3) is 0 Å². The molecule has 2 unspecified atom stereocenters. The molecule has 1 fully saturated rings. The van der Waals surface area contributed by atoms with Gasteiger partial charge in [-0.05, 0) is 55.9 Å². The van der Waals surface area contributed by atoms with Gasteiger partial charge in [0, 0.05) is 18.8 Å². The van der Waals surface area contributed by atoms with Crippen LogP contribution in [-0.2, 0) is 22.6 Å². The Morgan fingerprint density at radius 3 is 2.62 bits per heavy atom. The van der Waals surface area contributed by atoms with Gasteiger partial charge in [-0.3, -0.25) is 9.59 Å². The second kappa shape index (κ2) is 8.97. The fourth-order valence-corrected chi connectivity index (χ4v) is 4.30. The van der Waals surface area contributed by atoms with Crippen LogP contribution in [0, 0.1) is 13.8 Å². The van der Waals surface area contributed by atoms with Gasteiger partial charge in [-0.2, -0.15) is 0 Å². The summed E-state index contributed by atoms with van der Waals surface area (Å²) in [6, 6.07) is 13.5. The molecule has 2 aliphatic rings. The van der Waals surface area contributed by atoms with E-state index in [1.807, 2.05) is 38.1 Å². The Hall–Kier alpha value is -2.37. The first-order valence-corrected chi connectivity index (χ1v) is 10.0. The zero-order valence-electron chi connectivity index (χ0n) is 16.9. The molecule has 0 bridgehead atoms. The smallest absolute Gasteiger partial charge is 0.247 e. The number of carbonyl (C=O) groups is 2. The molecule has 4 rings (SSSR count). The molecule has 0 saturated carbocycles. The average molecular weight is 414 g/mol. The number of hydrogen-bond donors (Lipinski definition) is 2. The minimum absolute atomic E-state index is 0. The van der Waals surface area contributed by atoms with Crippen LogP contribution in [0.2, 0.25) is 0 Å². The molecule has 6 heteroatoms. The molecular weight excluding hydrogens is 386 g/mol. The number of amides is 2. The van der Waals surface area contributed by atoms with E-state index >= 15 is 0 Å². The van der Waals surface area contributed by atoms with Gasteiger partial charge in [-0.25, -0.2) is 0 Å². The van der Waals surface area contributed by atoms with Crippen molar-refractivity contribution in [1.82, 2.24) is 10.2 Å². The number of carbonyl (C=O) groups excluding carboxylic acids is 2. The lowest BCUT2D eigenvalue weighted by Gasteiger charge is -2.31. The van der Waals surface area contributed by atoms with E-state index in [9.17, 15) is 9.59 Å². The van der Waals surface area contributed by atoms with Crippen molar-refractivity contribution in [2.24, 2.45) is 0 Å². The van der Waals surface area contributed by atoms with Gasteiger partial charge in [0.15, 0.2) is 0 Å². The van der Waals surface area contributed by atoms with Crippen LogP contribution in [0.1, 0.15) is 35.1 Å². The van der Waals surface area contributed by atoms with E-state index in [1.54, 1.807) is 4.90 Å². The lowest BCUT2D eigenvalue weighted by Crippen LogP contribution is -2.53. The van der Waals surface area contributed by atoms with Gasteiger partial charge < -0.3 is 15.5 Å². The van der Waals surface area contributed by atoms with Crippen LogP contribution in [-0.4, -0.2) is 35.3 Å². The standard InChI is InChI=1S/C23H27N3O2.ClH/c1-15-9-10-19(16(2)12-15)25-22(27)21-8-5-11-26(21)23(28)20-13-17-6-3-4-7-18(17)14-24-20;/h3-4,6-7,9-10,12,20-21,24H,5,8,11,13-14H2,1-2H3,(H,25,27);1H. The quantitative estimate of drug-likeness (QED) is 0.811. The average Bonchev–Trinajstić information content (AvgIpc) is 3.19. The Morgan fingerprint density at radius 2 is 1.86 bits per heavy atom. The summed E-state index contributed by atoms with van der Waals surface area (Å²) < 4.78 is 0. The maximum Gasteiger partial charge on any atom is 0.247 e. The zero-order valence-corrected chi connectivity index (χ0v) is 17.7. The fourth-order valence-electron chi connectivity index (χ4n) is 4.30. The number of aryl methyl sites for hydroxylation is 2. The molecule has 2 aromatic carbocycles. The van der Waals surface area contributed by atoms with Gasteiger partial charge in [-0.1, -0.05) is 42.0 Å². The molecule has 29 heavy (non-hydrogen) atoms. The molecule has 2 N–H and O–H groups in total. The Bertz CT molecular complexity index is 915. The van der Waals surface area contributed by atoms with Crippen LogP contribution in [0.5, 0.6) is 0 Å². The number of fused-ring (bicyclic) bond motifs is 1. The maximum absolute atomic E-state index is 13.2. The maximum atomic E-state index is 13.2. The Morgan fingerprint density at radius 1 is 1.10 bits per heavy atom. The third-order valence-electron chi connectivity index (χ3n) is 5.86. The number of halogens is 1. The summed E-state index contributed by atoms with van der Waals surface area (Å²) in [6.45, 7) is 5.36. The van der Waals surface area contributed by atoms with Crippen molar-refractivity contribution in [3.05, 3.63) is 64.7 Å². The van der Waals surface area contributed by atoms with E-state index in [0.29, 0.717) is 25.9 Å². The molecule has 154 valence electrons. The normalized spacial score (nSPS) is 20.6. The summed E-state index contributed by atoms with van der Waals surface area (Å²) in [5.74, 6) is -0.0539. The van der Waals surface area contributed by atoms with Gasteiger partial charge in [0.05, 0.1) is 6.04 Å². The number of nitrogens with one attached hydrogen (secondary N) is 2. The molecule has 2 aromatic rings. The van der Waals surface area contributed by atoms with Crippen molar-refractivity contribution >= 4 is 29.9 Å². The molecular formula is C23H28ClN3O2. The van der Waals surface area contributed by atoms with Crippen molar-refractivity contribution in [2.75, 3.05) is 11.9 Å². The van der Waals surface area contributed by atoms with Crippen molar-refractivity contribution in [3.8, 4) is 0 Å². The molecule has 2 heterocycles. The number of anilines is 1. The first-order chi connectivity index (χ1) is 13.5. The van der Waals surface area contributed by atoms with Crippen molar-refractivity contribution < 1.29 is 9.59 Å². The Balaban J connectivity index is 0.00000240. The highest BCUT2D eigenvalue weighted by atomic mass is 35.5. The van der Waals surface area contributed by atoms with Gasteiger partial charge in [-0.15, -0.1) is 12.4 Å². The lowest BCUT2D eigenvalue weighted by molar-refractivity contribution is -0.138. The van der Waals surface area contributed by atoms with Crippen molar-refractivity contribution in [2.45, 2.75) is 51.7 Å². The van der Waals surface area contributed by atoms with Gasteiger partial charge in [0.2, 0.25) is 11.8 Å². The SMILES string of the molecule is Cc1ccc(NC(=O)C2CCCN2C(=O)C2Cc3ccccc3CN2)c(C)c1.Cl. The molecule has 2 amide bonds. The highest BCUT2D eigenvalue weighted by Gasteiger charge is 2.38. The Labute approximate surface area is 178 Å². The predicted octanol–water partition coefficient (Wildman–Crippen LogP) is 3.37. The van der Waals surface area contributed by atoms with E-state index in [0.717, 1.165) is 23.2 Å². The number of benzene rings is 2. The molecule has 0 aromatic heterocycles. The van der Waals surface area contributed by atoms with Crippen LogP contribution >= 0.6 is 12.4 Å². The number of rotatable bonds is 3. The van der Waals surface area contributed by atoms with E-state index in [1.165, 1.54) is 11.1 Å². The largest absolute Gasteiger partial charge is 0.329 e. The summed E-state index contributed by atoms with van der Waals surface area (Å²) in [7, 11) is 0. The molecule has 2 aliphatic heterocycles. The molecule has 0 radical (unpaired) electrons.